The third-order valence-electron chi connectivity index (χ3n) is 5.12. The van der Waals surface area contributed by atoms with Crippen LogP contribution in [0.5, 0.6) is 0 Å². The van der Waals surface area contributed by atoms with Crippen molar-refractivity contribution >= 4 is 29.1 Å². The number of rotatable bonds is 4. The summed E-state index contributed by atoms with van der Waals surface area (Å²) in [6, 6.07) is 15.3. The van der Waals surface area contributed by atoms with Gasteiger partial charge in [-0.25, -0.2) is 0 Å². The second kappa shape index (κ2) is 6.19. The molecule has 0 saturated heterocycles. The first kappa shape index (κ1) is 16.2. The van der Waals surface area contributed by atoms with E-state index in [1.54, 1.807) is 11.0 Å². The molecule has 2 aromatic rings. The maximum atomic E-state index is 13.1. The Balaban J connectivity index is 1.48. The number of anilines is 1. The molecule has 0 bridgehead atoms. The molecule has 4 nitrogen and oxygen atoms in total. The quantitative estimate of drug-likeness (QED) is 0.856. The first-order valence-electron chi connectivity index (χ1n) is 8.53. The van der Waals surface area contributed by atoms with E-state index in [9.17, 15) is 9.59 Å². The molecule has 0 aromatic heterocycles. The Bertz CT molecular complexity index is 845. The van der Waals surface area contributed by atoms with Gasteiger partial charge in [0.1, 0.15) is 5.41 Å². The summed E-state index contributed by atoms with van der Waals surface area (Å²) in [5, 5.41) is 3.52. The second-order valence-electron chi connectivity index (χ2n) is 6.69. The predicted octanol–water partition coefficient (Wildman–Crippen LogP) is 3.33. The Kier molecular flexibility index (Phi) is 4.00. The van der Waals surface area contributed by atoms with Crippen molar-refractivity contribution in [2.45, 2.75) is 25.8 Å². The molecule has 1 N–H and O–H groups in total. The van der Waals surface area contributed by atoms with Crippen molar-refractivity contribution in [3.63, 3.8) is 0 Å². The molecule has 5 heteroatoms. The monoisotopic (exact) mass is 354 g/mol. The average molecular weight is 355 g/mol. The Morgan fingerprint density at radius 1 is 1.08 bits per heavy atom. The molecule has 0 unspecified atom stereocenters. The summed E-state index contributed by atoms with van der Waals surface area (Å²) >= 11 is 6.13. The fourth-order valence-electron chi connectivity index (χ4n) is 3.46. The summed E-state index contributed by atoms with van der Waals surface area (Å²) in [4.78, 5) is 27.5. The Morgan fingerprint density at radius 3 is 2.56 bits per heavy atom. The van der Waals surface area contributed by atoms with Crippen molar-refractivity contribution in [3.8, 4) is 0 Å². The first-order chi connectivity index (χ1) is 12.1. The number of halogens is 1. The number of fused-ring (bicyclic) bond motifs is 1. The summed E-state index contributed by atoms with van der Waals surface area (Å²) in [6.07, 6.45) is 2.07. The Morgan fingerprint density at radius 2 is 1.80 bits per heavy atom. The zero-order valence-electron chi connectivity index (χ0n) is 13.8. The highest BCUT2D eigenvalue weighted by Gasteiger charge is 2.58. The molecule has 1 saturated carbocycles. The van der Waals surface area contributed by atoms with Crippen molar-refractivity contribution in [2.75, 3.05) is 11.4 Å². The van der Waals surface area contributed by atoms with Crippen LogP contribution in [-0.4, -0.2) is 18.4 Å². The van der Waals surface area contributed by atoms with Crippen LogP contribution in [0.15, 0.2) is 48.5 Å². The minimum atomic E-state index is -0.904. The van der Waals surface area contributed by atoms with E-state index < -0.39 is 5.41 Å². The summed E-state index contributed by atoms with van der Waals surface area (Å²) in [5.74, 6) is -0.268. The van der Waals surface area contributed by atoms with Crippen LogP contribution in [0.1, 0.15) is 24.0 Å². The van der Waals surface area contributed by atoms with Crippen LogP contribution in [0.25, 0.3) is 0 Å². The molecule has 25 heavy (non-hydrogen) atoms. The Labute approximate surface area is 151 Å². The van der Waals surface area contributed by atoms with Crippen LogP contribution in [0.3, 0.4) is 0 Å². The number of nitrogens with zero attached hydrogens (tertiary/aromatic N) is 1. The smallest absolute Gasteiger partial charge is 0.242 e. The summed E-state index contributed by atoms with van der Waals surface area (Å²) < 4.78 is 0. The lowest BCUT2D eigenvalue weighted by Crippen LogP contribution is -2.44. The lowest BCUT2D eigenvalue weighted by Gasteiger charge is -2.23. The molecule has 0 radical (unpaired) electrons. The number of hydrogen-bond donors (Lipinski definition) is 1. The van der Waals surface area contributed by atoms with E-state index in [0.717, 1.165) is 17.7 Å². The lowest BCUT2D eigenvalue weighted by atomic mass is 10.0. The maximum Gasteiger partial charge on any atom is 0.242 e. The average Bonchev–Trinajstić information content (AvgIpc) is 3.34. The van der Waals surface area contributed by atoms with Gasteiger partial charge in [-0.1, -0.05) is 48.0 Å². The van der Waals surface area contributed by atoms with Gasteiger partial charge in [-0.3, -0.25) is 9.59 Å². The first-order valence-corrected chi connectivity index (χ1v) is 8.91. The number of carbonyl (C=O) groups is 2. The van der Waals surface area contributed by atoms with Crippen molar-refractivity contribution in [3.05, 3.63) is 64.7 Å². The molecule has 2 amide bonds. The van der Waals surface area contributed by atoms with Gasteiger partial charge >= 0.3 is 0 Å². The van der Waals surface area contributed by atoms with Crippen LogP contribution < -0.4 is 10.2 Å². The minimum Gasteiger partial charge on any atom is -0.351 e. The molecule has 2 aliphatic rings. The van der Waals surface area contributed by atoms with Crippen molar-refractivity contribution in [2.24, 2.45) is 5.41 Å². The molecule has 1 heterocycles. The van der Waals surface area contributed by atoms with Gasteiger partial charge in [0.25, 0.3) is 0 Å². The number of para-hydroxylation sites is 1. The van der Waals surface area contributed by atoms with Gasteiger partial charge < -0.3 is 10.2 Å². The molecule has 4 rings (SSSR count). The molecular formula is C20H19ClN2O2. The molecule has 0 atom stereocenters. The zero-order valence-corrected chi connectivity index (χ0v) is 14.6. The highest BCUT2D eigenvalue weighted by atomic mass is 35.5. The van der Waals surface area contributed by atoms with E-state index in [2.05, 4.69) is 5.32 Å². The van der Waals surface area contributed by atoms with Crippen LogP contribution in [0.2, 0.25) is 5.02 Å². The fourth-order valence-corrected chi connectivity index (χ4v) is 3.66. The van der Waals surface area contributed by atoms with Gasteiger partial charge in [0.15, 0.2) is 0 Å². The lowest BCUT2D eigenvalue weighted by molar-refractivity contribution is -0.135. The number of hydrogen-bond acceptors (Lipinski definition) is 2. The van der Waals surface area contributed by atoms with E-state index in [1.165, 1.54) is 5.56 Å². The second-order valence-corrected chi connectivity index (χ2v) is 7.10. The third kappa shape index (κ3) is 2.81. The number of nitrogens with one attached hydrogen (secondary N) is 1. The van der Waals surface area contributed by atoms with Crippen LogP contribution in [0, 0.1) is 5.41 Å². The van der Waals surface area contributed by atoms with Crippen molar-refractivity contribution in [1.82, 2.24) is 5.32 Å². The molecule has 1 aliphatic carbocycles. The standard InChI is InChI=1S/C20H19ClN2O2/c21-16-7-3-1-6-15(16)13-22-18(24)20(10-11-20)19(25)23-12-9-14-5-2-4-8-17(14)23/h1-8H,9-13H2,(H,22,24). The molecular weight excluding hydrogens is 336 g/mol. The maximum absolute atomic E-state index is 13.1. The third-order valence-corrected chi connectivity index (χ3v) is 5.49. The number of amides is 2. The minimum absolute atomic E-state index is 0.0749. The van der Waals surface area contributed by atoms with Crippen LogP contribution >= 0.6 is 11.6 Å². The highest BCUT2D eigenvalue weighted by molar-refractivity contribution is 6.31. The van der Waals surface area contributed by atoms with E-state index in [4.69, 9.17) is 11.6 Å². The SMILES string of the molecule is O=C(NCc1ccccc1Cl)C1(C(=O)N2CCc3ccccc32)CC1. The van der Waals surface area contributed by atoms with E-state index in [-0.39, 0.29) is 11.8 Å². The van der Waals surface area contributed by atoms with Gasteiger partial charge in [-0.2, -0.15) is 0 Å². The molecule has 0 spiro atoms. The summed E-state index contributed by atoms with van der Waals surface area (Å²) in [7, 11) is 0. The van der Waals surface area contributed by atoms with E-state index in [0.29, 0.717) is 31.0 Å². The van der Waals surface area contributed by atoms with Gasteiger partial charge in [0.2, 0.25) is 11.8 Å². The zero-order chi connectivity index (χ0) is 17.4. The van der Waals surface area contributed by atoms with Crippen molar-refractivity contribution < 1.29 is 9.59 Å². The van der Waals surface area contributed by atoms with E-state index in [1.807, 2.05) is 42.5 Å². The number of carbonyl (C=O) groups excluding carboxylic acids is 2. The van der Waals surface area contributed by atoms with Gasteiger partial charge in [-0.05, 0) is 42.5 Å². The molecule has 1 fully saturated rings. The Hall–Kier alpha value is -2.33. The number of benzene rings is 2. The van der Waals surface area contributed by atoms with Gasteiger partial charge in [0.05, 0.1) is 0 Å². The van der Waals surface area contributed by atoms with Crippen molar-refractivity contribution in [1.29, 1.82) is 0 Å². The fraction of sp³-hybridized carbons (Fsp3) is 0.300. The van der Waals surface area contributed by atoms with E-state index >= 15 is 0 Å². The molecule has 1 aliphatic heterocycles. The predicted molar refractivity (Wildman–Crippen MR) is 97.5 cm³/mol. The largest absolute Gasteiger partial charge is 0.351 e. The molecule has 128 valence electrons. The topological polar surface area (TPSA) is 49.4 Å². The molecule has 2 aromatic carbocycles. The van der Waals surface area contributed by atoms with Crippen LogP contribution in [-0.2, 0) is 22.6 Å². The van der Waals surface area contributed by atoms with Gasteiger partial charge in [-0.15, -0.1) is 0 Å². The highest BCUT2D eigenvalue weighted by Crippen LogP contribution is 2.49. The van der Waals surface area contributed by atoms with Gasteiger partial charge in [0, 0.05) is 23.8 Å². The normalized spacial score (nSPS) is 17.1. The summed E-state index contributed by atoms with van der Waals surface area (Å²) in [5.41, 5.74) is 2.06. The summed E-state index contributed by atoms with van der Waals surface area (Å²) in [6.45, 7) is 0.988. The van der Waals surface area contributed by atoms with Crippen LogP contribution in [0.4, 0.5) is 5.69 Å².